The zero-order valence-corrected chi connectivity index (χ0v) is 23.0. The summed E-state index contributed by atoms with van der Waals surface area (Å²) in [5, 5.41) is 4.29. The van der Waals surface area contributed by atoms with Crippen molar-refractivity contribution >= 4 is 32.2 Å². The Labute approximate surface area is 229 Å². The van der Waals surface area contributed by atoms with E-state index in [2.05, 4.69) is 26.3 Å². The lowest BCUT2D eigenvalue weighted by atomic mass is 10.0. The van der Waals surface area contributed by atoms with Crippen molar-refractivity contribution in [2.45, 2.75) is 25.9 Å². The van der Waals surface area contributed by atoms with E-state index in [1.54, 1.807) is 13.4 Å². The van der Waals surface area contributed by atoms with Gasteiger partial charge in [-0.3, -0.25) is 0 Å². The Hall–Kier alpha value is -3.69. The van der Waals surface area contributed by atoms with E-state index in [1.807, 2.05) is 60.7 Å². The summed E-state index contributed by atoms with van der Waals surface area (Å²) in [6.07, 6.45) is 4.42. The van der Waals surface area contributed by atoms with Crippen molar-refractivity contribution in [3.8, 4) is 11.5 Å². The fraction of sp³-hybridized carbons (Fsp3) is 0.333. The van der Waals surface area contributed by atoms with Gasteiger partial charge < -0.3 is 19.7 Å². The summed E-state index contributed by atoms with van der Waals surface area (Å²) in [4.78, 5) is 11.2. The zero-order chi connectivity index (χ0) is 27.1. The summed E-state index contributed by atoms with van der Waals surface area (Å²) in [5.74, 6) is 2.87. The predicted octanol–water partition coefficient (Wildman–Crippen LogP) is 5.01. The molecule has 8 nitrogen and oxygen atoms in total. The summed E-state index contributed by atoms with van der Waals surface area (Å²) in [6.45, 7) is 2.71. The van der Waals surface area contributed by atoms with Crippen LogP contribution in [-0.4, -0.2) is 61.5 Å². The van der Waals surface area contributed by atoms with Crippen LogP contribution < -0.4 is 14.8 Å². The van der Waals surface area contributed by atoms with Crippen molar-refractivity contribution in [2.24, 2.45) is 0 Å². The highest BCUT2D eigenvalue weighted by Crippen LogP contribution is 2.31. The Morgan fingerprint density at radius 1 is 0.949 bits per heavy atom. The Bertz CT molecular complexity index is 1480. The maximum atomic E-state index is 11.6. The number of hydrogen-bond acceptors (Lipinski definition) is 8. The average Bonchev–Trinajstić information content (AvgIpc) is 2.96. The normalized spacial score (nSPS) is 15.2. The molecule has 4 aromatic rings. The molecule has 5 rings (SSSR count). The lowest BCUT2D eigenvalue weighted by molar-refractivity contribution is 0.289. The fourth-order valence-electron chi connectivity index (χ4n) is 4.75. The third-order valence-corrected chi connectivity index (χ3v) is 8.62. The van der Waals surface area contributed by atoms with Crippen LogP contribution in [0.15, 0.2) is 73.1 Å². The highest BCUT2D eigenvalue weighted by Gasteiger charge is 2.21. The largest absolute Gasteiger partial charge is 0.496 e. The van der Waals surface area contributed by atoms with Crippen LogP contribution in [0.4, 0.5) is 11.5 Å². The van der Waals surface area contributed by atoms with Crippen LogP contribution >= 0.6 is 0 Å². The van der Waals surface area contributed by atoms with E-state index in [-0.39, 0.29) is 11.5 Å². The maximum absolute atomic E-state index is 11.6. The molecule has 0 bridgehead atoms. The summed E-state index contributed by atoms with van der Waals surface area (Å²) >= 11 is 0. The van der Waals surface area contributed by atoms with E-state index >= 15 is 0 Å². The van der Waals surface area contributed by atoms with E-state index in [9.17, 15) is 8.42 Å². The second-order valence-electron chi connectivity index (χ2n) is 9.78. The molecule has 1 aliphatic heterocycles. The van der Waals surface area contributed by atoms with Crippen LogP contribution in [0.3, 0.4) is 0 Å². The Balaban J connectivity index is 1.20. The van der Waals surface area contributed by atoms with Gasteiger partial charge in [-0.25, -0.2) is 18.4 Å². The fourth-order valence-corrected chi connectivity index (χ4v) is 6.03. The monoisotopic (exact) mass is 546 g/mol. The third kappa shape index (κ3) is 7.25. The minimum absolute atomic E-state index is 0.272. The summed E-state index contributed by atoms with van der Waals surface area (Å²) in [5.41, 5.74) is 3.99. The topological polar surface area (TPSA) is 93.7 Å². The number of aromatic nitrogens is 2. The van der Waals surface area contributed by atoms with E-state index in [4.69, 9.17) is 9.47 Å². The van der Waals surface area contributed by atoms with Gasteiger partial charge in [0.2, 0.25) is 0 Å². The third-order valence-electron chi connectivity index (χ3n) is 7.01. The molecule has 0 radical (unpaired) electrons. The molecule has 2 heterocycles. The van der Waals surface area contributed by atoms with Crippen LogP contribution in [0.1, 0.15) is 24.0 Å². The molecular weight excluding hydrogens is 512 g/mol. The van der Waals surface area contributed by atoms with Crippen molar-refractivity contribution in [1.82, 2.24) is 14.9 Å². The van der Waals surface area contributed by atoms with Gasteiger partial charge in [0.15, 0.2) is 9.84 Å². The standard InChI is InChI=1S/C30H34N4O4S/c1-37-29-20-27-28(19-24(29)9-5-6-14-34-15-17-39(35,36)18-16-34)31-22-32-30(27)33-25-10-12-26(13-11-25)38-21-23-7-3-2-4-8-23/h2-4,7-8,10-13,19-20,22H,5-6,9,14-18,21H2,1H3,(H,31,32,33). The number of hydrogen-bond donors (Lipinski definition) is 1. The molecule has 1 N–H and O–H groups in total. The Kier molecular flexibility index (Phi) is 8.58. The minimum atomic E-state index is -2.84. The van der Waals surface area contributed by atoms with Crippen molar-refractivity contribution in [3.63, 3.8) is 0 Å². The van der Waals surface area contributed by atoms with Crippen molar-refractivity contribution in [3.05, 3.63) is 84.2 Å². The summed E-state index contributed by atoms with van der Waals surface area (Å²) in [7, 11) is -1.15. The SMILES string of the molecule is COc1cc2c(Nc3ccc(OCc4ccccc4)cc3)ncnc2cc1CCCCN1CCS(=O)(=O)CC1. The lowest BCUT2D eigenvalue weighted by Gasteiger charge is -2.26. The first-order valence-corrected chi connectivity index (χ1v) is 15.1. The van der Waals surface area contributed by atoms with E-state index < -0.39 is 9.84 Å². The van der Waals surface area contributed by atoms with Crippen molar-refractivity contribution < 1.29 is 17.9 Å². The first-order valence-electron chi connectivity index (χ1n) is 13.3. The molecule has 0 saturated carbocycles. The summed E-state index contributed by atoms with van der Waals surface area (Å²) < 4.78 is 34.9. The number of methoxy groups -OCH3 is 1. The molecule has 0 unspecified atom stereocenters. The second kappa shape index (κ2) is 12.4. The zero-order valence-electron chi connectivity index (χ0n) is 22.2. The number of fused-ring (bicyclic) bond motifs is 1. The number of anilines is 2. The average molecular weight is 547 g/mol. The molecule has 0 amide bonds. The highest BCUT2D eigenvalue weighted by atomic mass is 32.2. The molecule has 3 aromatic carbocycles. The van der Waals surface area contributed by atoms with Crippen LogP contribution in [0.25, 0.3) is 10.9 Å². The lowest BCUT2D eigenvalue weighted by Crippen LogP contribution is -2.40. The molecule has 1 fully saturated rings. The first kappa shape index (κ1) is 26.9. The molecule has 0 atom stereocenters. The van der Waals surface area contributed by atoms with Crippen LogP contribution in [-0.2, 0) is 22.9 Å². The smallest absolute Gasteiger partial charge is 0.152 e. The van der Waals surface area contributed by atoms with Gasteiger partial charge in [0.25, 0.3) is 0 Å². The number of rotatable bonds is 11. The van der Waals surface area contributed by atoms with Crippen LogP contribution in [0.5, 0.6) is 11.5 Å². The first-order chi connectivity index (χ1) is 19.0. The molecule has 0 spiro atoms. The maximum Gasteiger partial charge on any atom is 0.152 e. The minimum Gasteiger partial charge on any atom is -0.496 e. The number of nitrogens with one attached hydrogen (secondary N) is 1. The molecular formula is C30H34N4O4S. The number of aryl methyl sites for hydroxylation is 1. The number of ether oxygens (including phenoxy) is 2. The van der Waals surface area contributed by atoms with E-state index in [0.29, 0.717) is 25.5 Å². The van der Waals surface area contributed by atoms with E-state index in [0.717, 1.165) is 65.0 Å². The van der Waals surface area contributed by atoms with Gasteiger partial charge in [0, 0.05) is 24.2 Å². The Morgan fingerprint density at radius 3 is 2.46 bits per heavy atom. The summed E-state index contributed by atoms with van der Waals surface area (Å²) in [6, 6.07) is 22.0. The molecule has 1 saturated heterocycles. The molecule has 39 heavy (non-hydrogen) atoms. The quantitative estimate of drug-likeness (QED) is 0.262. The van der Waals surface area contributed by atoms with Crippen LogP contribution in [0, 0.1) is 0 Å². The molecule has 9 heteroatoms. The van der Waals surface area contributed by atoms with Gasteiger partial charge in [-0.1, -0.05) is 30.3 Å². The molecule has 0 aliphatic carbocycles. The molecule has 1 aliphatic rings. The highest BCUT2D eigenvalue weighted by molar-refractivity contribution is 7.91. The van der Waals surface area contributed by atoms with Crippen LogP contribution in [0.2, 0.25) is 0 Å². The molecule has 204 valence electrons. The number of benzene rings is 3. The Morgan fingerprint density at radius 2 is 1.72 bits per heavy atom. The second-order valence-corrected chi connectivity index (χ2v) is 12.1. The van der Waals surface area contributed by atoms with Gasteiger partial charge in [0.1, 0.15) is 30.3 Å². The molecule has 1 aromatic heterocycles. The number of sulfone groups is 1. The van der Waals surface area contributed by atoms with Gasteiger partial charge >= 0.3 is 0 Å². The number of unbranched alkanes of at least 4 members (excludes halogenated alkanes) is 1. The van der Waals surface area contributed by atoms with Gasteiger partial charge in [0.05, 0.1) is 24.1 Å². The van der Waals surface area contributed by atoms with Crippen molar-refractivity contribution in [2.75, 3.05) is 43.6 Å². The van der Waals surface area contributed by atoms with Gasteiger partial charge in [-0.15, -0.1) is 0 Å². The van der Waals surface area contributed by atoms with E-state index in [1.165, 1.54) is 0 Å². The van der Waals surface area contributed by atoms with Gasteiger partial charge in [-0.05, 0) is 73.3 Å². The van der Waals surface area contributed by atoms with Crippen molar-refractivity contribution in [1.29, 1.82) is 0 Å². The predicted molar refractivity (Wildman–Crippen MR) is 155 cm³/mol. The number of nitrogens with zero attached hydrogens (tertiary/aromatic N) is 3. The van der Waals surface area contributed by atoms with Gasteiger partial charge in [-0.2, -0.15) is 0 Å².